The fourth-order valence-electron chi connectivity index (χ4n) is 3.62. The fourth-order valence-corrected chi connectivity index (χ4v) is 4.54. The second-order valence-corrected chi connectivity index (χ2v) is 11.0. The molecule has 3 rings (SSSR count). The molecule has 1 aliphatic carbocycles. The number of hydrogen-bond acceptors (Lipinski definition) is 7. The molecule has 1 heterocycles. The van der Waals surface area contributed by atoms with Crippen molar-refractivity contribution in [2.75, 3.05) is 20.6 Å². The van der Waals surface area contributed by atoms with Crippen molar-refractivity contribution in [2.45, 2.75) is 56.4 Å². The monoisotopic (exact) mass is 610 g/mol. The first-order valence-corrected chi connectivity index (χ1v) is 14.2. The van der Waals surface area contributed by atoms with Gasteiger partial charge in [0.15, 0.2) is 5.96 Å². The molecule has 1 aromatic heterocycles. The van der Waals surface area contributed by atoms with Crippen LogP contribution >= 0.6 is 12.4 Å². The summed E-state index contributed by atoms with van der Waals surface area (Å²) in [6.07, 6.45) is 8.43. The highest BCUT2D eigenvalue weighted by molar-refractivity contribution is 7.90. The van der Waals surface area contributed by atoms with E-state index in [1.165, 1.54) is 24.5 Å². The molecule has 1 aliphatic rings. The van der Waals surface area contributed by atoms with Crippen molar-refractivity contribution in [2.24, 2.45) is 16.5 Å². The number of halogens is 1. The first kappa shape index (κ1) is 35.0. The maximum Gasteiger partial charge on any atom is 0.328 e. The number of nitrogens with two attached hydrogens (primary N) is 2. The van der Waals surface area contributed by atoms with Gasteiger partial charge in [-0.1, -0.05) is 31.4 Å². The van der Waals surface area contributed by atoms with Crippen molar-refractivity contribution in [1.82, 2.24) is 30.2 Å². The number of carbonyl (C=O) groups is 2. The van der Waals surface area contributed by atoms with Crippen LogP contribution in [0.15, 0.2) is 46.5 Å². The number of sulfonamides is 1. The second-order valence-electron chi connectivity index (χ2n) is 9.36. The third-order valence-electron chi connectivity index (χ3n) is 5.81. The van der Waals surface area contributed by atoms with Crippen LogP contribution in [0.25, 0.3) is 0 Å². The van der Waals surface area contributed by atoms with E-state index in [0.29, 0.717) is 13.0 Å². The zero-order chi connectivity index (χ0) is 29.7. The number of guanidine groups is 2. The van der Waals surface area contributed by atoms with Crippen LogP contribution < -0.4 is 26.8 Å². The van der Waals surface area contributed by atoms with Gasteiger partial charge in [0.1, 0.15) is 5.69 Å². The Balaban J connectivity index is 0.000000728. The fraction of sp³-hybridized carbons (Fsp3) is 0.440. The van der Waals surface area contributed by atoms with Gasteiger partial charge in [-0.25, -0.2) is 22.9 Å². The molecule has 0 aliphatic heterocycles. The normalized spacial score (nSPS) is 13.5. The highest BCUT2D eigenvalue weighted by Gasteiger charge is 2.21. The van der Waals surface area contributed by atoms with Gasteiger partial charge < -0.3 is 27.0 Å². The van der Waals surface area contributed by atoms with E-state index in [1.54, 1.807) is 38.1 Å². The zero-order valence-electron chi connectivity index (χ0n) is 23.4. The van der Waals surface area contributed by atoms with E-state index in [1.807, 2.05) is 0 Å². The van der Waals surface area contributed by atoms with E-state index in [2.05, 4.69) is 30.3 Å². The quantitative estimate of drug-likeness (QED) is 0.196. The van der Waals surface area contributed by atoms with Gasteiger partial charge >= 0.3 is 6.03 Å². The number of aliphatic imine (C=N–C) groups is 1. The Bertz CT molecular complexity index is 1280. The SMILES string of the molecule is CN(C)C(N)=NC(=N)N.Cc1cnc(C(=O)NCCc2ccc(S(=O)(=O)NC(=O)NC3CCCCC3)cc2)cn1.Cl. The molecule has 1 saturated carbocycles. The number of carbonyl (C=O) groups excluding carboxylic acids is 2. The number of aromatic nitrogens is 2. The lowest BCUT2D eigenvalue weighted by atomic mass is 9.96. The molecule has 226 valence electrons. The van der Waals surface area contributed by atoms with Gasteiger partial charge in [-0.3, -0.25) is 15.2 Å². The molecular formula is C25H39ClN10O4S. The maximum absolute atomic E-state index is 12.4. The molecule has 0 bridgehead atoms. The lowest BCUT2D eigenvalue weighted by molar-refractivity contribution is 0.0948. The molecule has 0 atom stereocenters. The van der Waals surface area contributed by atoms with E-state index in [4.69, 9.17) is 16.9 Å². The largest absolute Gasteiger partial charge is 0.369 e. The van der Waals surface area contributed by atoms with Crippen molar-refractivity contribution in [3.63, 3.8) is 0 Å². The summed E-state index contributed by atoms with van der Waals surface area (Å²) in [7, 11) is -0.500. The smallest absolute Gasteiger partial charge is 0.328 e. The zero-order valence-corrected chi connectivity index (χ0v) is 25.0. The summed E-state index contributed by atoms with van der Waals surface area (Å²) in [5.41, 5.74) is 12.0. The first-order chi connectivity index (χ1) is 18.9. The Labute approximate surface area is 246 Å². The summed E-state index contributed by atoms with van der Waals surface area (Å²) in [6, 6.07) is 5.53. The number of nitrogens with zero attached hydrogens (tertiary/aromatic N) is 4. The van der Waals surface area contributed by atoms with Crippen LogP contribution in [0.5, 0.6) is 0 Å². The average molecular weight is 611 g/mol. The summed E-state index contributed by atoms with van der Waals surface area (Å²) >= 11 is 0. The van der Waals surface area contributed by atoms with Gasteiger partial charge in [0, 0.05) is 32.9 Å². The van der Waals surface area contributed by atoms with Gasteiger partial charge in [0.2, 0.25) is 5.96 Å². The molecule has 0 saturated heterocycles. The number of nitrogens with one attached hydrogen (secondary N) is 4. The van der Waals surface area contributed by atoms with Crippen molar-refractivity contribution in [3.8, 4) is 0 Å². The third kappa shape index (κ3) is 12.8. The number of hydrogen-bond donors (Lipinski definition) is 6. The lowest BCUT2D eigenvalue weighted by Crippen LogP contribution is -2.45. The predicted molar refractivity (Wildman–Crippen MR) is 159 cm³/mol. The molecule has 2 aromatic rings. The second kappa shape index (κ2) is 17.0. The maximum atomic E-state index is 12.4. The molecule has 16 heteroatoms. The van der Waals surface area contributed by atoms with Crippen LogP contribution in [0, 0.1) is 12.3 Å². The first-order valence-electron chi connectivity index (χ1n) is 12.7. The highest BCUT2D eigenvalue weighted by Crippen LogP contribution is 2.17. The van der Waals surface area contributed by atoms with Crippen molar-refractivity contribution in [1.29, 1.82) is 5.41 Å². The Kier molecular flexibility index (Phi) is 14.5. The minimum absolute atomic E-state index is 0. The van der Waals surface area contributed by atoms with Gasteiger partial charge in [0.25, 0.3) is 15.9 Å². The molecule has 8 N–H and O–H groups in total. The number of aryl methyl sites for hydroxylation is 1. The Hall–Kier alpha value is -3.98. The Morgan fingerprint density at radius 3 is 2.22 bits per heavy atom. The van der Waals surface area contributed by atoms with E-state index in [9.17, 15) is 18.0 Å². The molecule has 0 spiro atoms. The van der Waals surface area contributed by atoms with Crippen LogP contribution in [-0.4, -0.2) is 73.8 Å². The summed E-state index contributed by atoms with van der Waals surface area (Å²) in [5, 5.41) is 12.2. The summed E-state index contributed by atoms with van der Waals surface area (Å²) in [6.45, 7) is 2.15. The molecule has 1 aromatic carbocycles. The van der Waals surface area contributed by atoms with Crippen LogP contribution in [0.4, 0.5) is 4.79 Å². The van der Waals surface area contributed by atoms with Crippen molar-refractivity contribution < 1.29 is 18.0 Å². The van der Waals surface area contributed by atoms with Crippen LogP contribution in [-0.2, 0) is 16.4 Å². The number of benzene rings is 1. The molecule has 0 radical (unpaired) electrons. The highest BCUT2D eigenvalue weighted by atomic mass is 35.5. The molecule has 1 fully saturated rings. The van der Waals surface area contributed by atoms with E-state index in [0.717, 1.165) is 43.4 Å². The molecular weight excluding hydrogens is 572 g/mol. The topological polar surface area (TPSA) is 222 Å². The van der Waals surface area contributed by atoms with Gasteiger partial charge in [-0.15, -0.1) is 12.4 Å². The Morgan fingerprint density at radius 2 is 1.71 bits per heavy atom. The molecule has 14 nitrogen and oxygen atoms in total. The summed E-state index contributed by atoms with van der Waals surface area (Å²) < 4.78 is 26.9. The van der Waals surface area contributed by atoms with E-state index < -0.39 is 16.1 Å². The van der Waals surface area contributed by atoms with Crippen molar-refractivity contribution in [3.05, 3.63) is 53.6 Å². The van der Waals surface area contributed by atoms with E-state index in [-0.39, 0.29) is 46.9 Å². The average Bonchev–Trinajstić information content (AvgIpc) is 2.89. The minimum Gasteiger partial charge on any atom is -0.369 e. The van der Waals surface area contributed by atoms with Crippen LogP contribution in [0.2, 0.25) is 0 Å². The van der Waals surface area contributed by atoms with Crippen LogP contribution in [0.3, 0.4) is 0 Å². The van der Waals surface area contributed by atoms with E-state index >= 15 is 0 Å². The summed E-state index contributed by atoms with van der Waals surface area (Å²) in [4.78, 5) is 37.2. The minimum atomic E-state index is -3.95. The Morgan fingerprint density at radius 1 is 1.07 bits per heavy atom. The van der Waals surface area contributed by atoms with Gasteiger partial charge in [0.05, 0.1) is 16.8 Å². The lowest BCUT2D eigenvalue weighted by Gasteiger charge is -2.22. The summed E-state index contributed by atoms with van der Waals surface area (Å²) in [5.74, 6) is -0.358. The number of urea groups is 1. The molecule has 0 unspecified atom stereocenters. The van der Waals surface area contributed by atoms with Gasteiger partial charge in [-0.05, 0) is 43.9 Å². The van der Waals surface area contributed by atoms with Crippen molar-refractivity contribution >= 4 is 46.3 Å². The number of amides is 3. The number of rotatable bonds is 7. The molecule has 41 heavy (non-hydrogen) atoms. The third-order valence-corrected chi connectivity index (χ3v) is 7.15. The van der Waals surface area contributed by atoms with Gasteiger partial charge in [-0.2, -0.15) is 4.99 Å². The predicted octanol–water partition coefficient (Wildman–Crippen LogP) is 1.26. The van der Waals surface area contributed by atoms with Crippen LogP contribution in [0.1, 0.15) is 53.8 Å². The molecule has 3 amide bonds. The standard InChI is InChI=1S/C21H27N5O4S.C4H11N5.ClH/c1-15-13-24-19(14-23-15)20(27)22-12-11-16-7-9-18(10-8-16)31(29,30)26-21(28)25-17-5-3-2-4-6-17;1-9(2)4(7)8-3(5)6;/h7-10,13-14,17H,2-6,11-12H2,1H3,(H,22,27)(H2,25,26,28);1-2H3,(H5,5,6,7,8);1H.